The average Bonchev–Trinajstić information content (AvgIpc) is 2.93. The second-order valence-corrected chi connectivity index (χ2v) is 8.89. The fourth-order valence-electron chi connectivity index (χ4n) is 3.15. The maximum absolute atomic E-state index is 12.9. The summed E-state index contributed by atoms with van der Waals surface area (Å²) in [7, 11) is -2.41. The van der Waals surface area contributed by atoms with E-state index < -0.39 is 21.8 Å². The molecule has 0 spiro atoms. The fourth-order valence-corrected chi connectivity index (χ4v) is 4.25. The second-order valence-electron chi connectivity index (χ2n) is 7.21. The first kappa shape index (κ1) is 23.3. The monoisotopic (exact) mass is 466 g/mol. The van der Waals surface area contributed by atoms with Crippen LogP contribution < -0.4 is 10.0 Å². The number of carbonyl (C=O) groups excluding carboxylic acids is 1. The number of aryl methyl sites for hydroxylation is 2. The number of sulfonamides is 1. The molecule has 3 rings (SSSR count). The zero-order valence-electron chi connectivity index (χ0n) is 17.5. The summed E-state index contributed by atoms with van der Waals surface area (Å²) in [6, 6.07) is 9.34. The van der Waals surface area contributed by atoms with Gasteiger partial charge in [-0.2, -0.15) is 18.3 Å². The van der Waals surface area contributed by atoms with Crippen molar-refractivity contribution in [1.82, 2.24) is 9.78 Å². The third kappa shape index (κ3) is 5.28. The number of hydrogen-bond donors (Lipinski definition) is 2. The standard InChI is InChI=1S/C21H21F3N4O3S/c1-13-19(14(2)28(3)26-13)12-20(29)25-16-7-5-9-18(11-16)32(30,31)27-17-8-4-6-15(10-17)21(22,23)24/h4-11,27H,12H2,1-3H3,(H,25,29). The quantitative estimate of drug-likeness (QED) is 0.574. The van der Waals surface area contributed by atoms with Gasteiger partial charge in [0.25, 0.3) is 10.0 Å². The number of rotatable bonds is 6. The average molecular weight is 466 g/mol. The predicted octanol–water partition coefficient (Wildman–Crippen LogP) is 4.04. The Balaban J connectivity index is 1.77. The van der Waals surface area contributed by atoms with Gasteiger partial charge in [-0.25, -0.2) is 8.42 Å². The molecule has 170 valence electrons. The molecule has 0 unspecified atom stereocenters. The first-order chi connectivity index (χ1) is 14.9. The van der Waals surface area contributed by atoms with Gasteiger partial charge in [-0.05, 0) is 50.2 Å². The Morgan fingerprint density at radius 2 is 1.72 bits per heavy atom. The van der Waals surface area contributed by atoms with Crippen LogP contribution in [0.2, 0.25) is 0 Å². The molecule has 0 atom stereocenters. The molecule has 1 heterocycles. The van der Waals surface area contributed by atoms with Gasteiger partial charge in [0.05, 0.1) is 22.6 Å². The molecule has 0 aliphatic carbocycles. The summed E-state index contributed by atoms with van der Waals surface area (Å²) in [5.74, 6) is -0.357. The molecule has 0 bridgehead atoms. The van der Waals surface area contributed by atoms with E-state index >= 15 is 0 Å². The molecule has 32 heavy (non-hydrogen) atoms. The van der Waals surface area contributed by atoms with Crippen molar-refractivity contribution >= 4 is 27.3 Å². The van der Waals surface area contributed by atoms with Crippen LogP contribution in [0.3, 0.4) is 0 Å². The summed E-state index contributed by atoms with van der Waals surface area (Å²) in [6.07, 6.45) is -4.54. The van der Waals surface area contributed by atoms with Crippen LogP contribution in [0, 0.1) is 13.8 Å². The van der Waals surface area contributed by atoms with Crippen molar-refractivity contribution in [3.63, 3.8) is 0 Å². The SMILES string of the molecule is Cc1nn(C)c(C)c1CC(=O)Nc1cccc(S(=O)(=O)Nc2cccc(C(F)(F)F)c2)c1. The Bertz CT molecular complexity index is 1270. The Labute approximate surface area is 183 Å². The smallest absolute Gasteiger partial charge is 0.326 e. The largest absolute Gasteiger partial charge is 0.416 e. The van der Waals surface area contributed by atoms with Crippen LogP contribution in [0.25, 0.3) is 0 Å². The fraction of sp³-hybridized carbons (Fsp3) is 0.238. The predicted molar refractivity (Wildman–Crippen MR) is 114 cm³/mol. The molecule has 0 aliphatic rings. The van der Waals surface area contributed by atoms with Crippen molar-refractivity contribution in [2.24, 2.45) is 7.05 Å². The van der Waals surface area contributed by atoms with Gasteiger partial charge < -0.3 is 5.32 Å². The van der Waals surface area contributed by atoms with Gasteiger partial charge in [-0.15, -0.1) is 0 Å². The zero-order valence-corrected chi connectivity index (χ0v) is 18.3. The highest BCUT2D eigenvalue weighted by molar-refractivity contribution is 7.92. The highest BCUT2D eigenvalue weighted by Gasteiger charge is 2.30. The van der Waals surface area contributed by atoms with E-state index in [4.69, 9.17) is 0 Å². The summed E-state index contributed by atoms with van der Waals surface area (Å²) >= 11 is 0. The lowest BCUT2D eigenvalue weighted by Crippen LogP contribution is -2.17. The van der Waals surface area contributed by atoms with Gasteiger partial charge in [0.1, 0.15) is 0 Å². The lowest BCUT2D eigenvalue weighted by Gasteiger charge is -2.12. The van der Waals surface area contributed by atoms with E-state index in [0.29, 0.717) is 6.07 Å². The lowest BCUT2D eigenvalue weighted by atomic mass is 10.1. The second kappa shape index (κ2) is 8.65. The molecule has 11 heteroatoms. The minimum absolute atomic E-state index is 0.0605. The highest BCUT2D eigenvalue weighted by Crippen LogP contribution is 2.31. The van der Waals surface area contributed by atoms with Gasteiger partial charge in [0, 0.05) is 29.7 Å². The number of nitrogens with zero attached hydrogens (tertiary/aromatic N) is 2. The number of amides is 1. The van der Waals surface area contributed by atoms with Gasteiger partial charge in [-0.3, -0.25) is 14.2 Å². The number of benzene rings is 2. The molecule has 2 aromatic carbocycles. The first-order valence-corrected chi connectivity index (χ1v) is 10.9. The van der Waals surface area contributed by atoms with Crippen LogP contribution >= 0.6 is 0 Å². The third-order valence-electron chi connectivity index (χ3n) is 4.87. The normalized spacial score (nSPS) is 11.9. The van der Waals surface area contributed by atoms with Crippen LogP contribution in [0.1, 0.15) is 22.5 Å². The molecule has 0 saturated carbocycles. The molecule has 3 aromatic rings. The molecule has 0 fully saturated rings. The number of carbonyl (C=O) groups is 1. The van der Waals surface area contributed by atoms with Crippen LogP contribution in [0.15, 0.2) is 53.4 Å². The molecular weight excluding hydrogens is 445 g/mol. The molecule has 1 aromatic heterocycles. The number of hydrogen-bond acceptors (Lipinski definition) is 4. The number of nitrogens with one attached hydrogen (secondary N) is 2. The van der Waals surface area contributed by atoms with E-state index in [9.17, 15) is 26.4 Å². The summed E-state index contributed by atoms with van der Waals surface area (Å²) in [5.41, 5.74) is 1.39. The summed E-state index contributed by atoms with van der Waals surface area (Å²) in [6.45, 7) is 3.64. The maximum Gasteiger partial charge on any atom is 0.416 e. The van der Waals surface area contributed by atoms with E-state index in [2.05, 4.69) is 15.1 Å². The molecule has 7 nitrogen and oxygen atoms in total. The van der Waals surface area contributed by atoms with Gasteiger partial charge in [0.15, 0.2) is 0 Å². The summed E-state index contributed by atoms with van der Waals surface area (Å²) < 4.78 is 67.8. The number of aromatic nitrogens is 2. The van der Waals surface area contributed by atoms with Crippen molar-refractivity contribution in [1.29, 1.82) is 0 Å². The van der Waals surface area contributed by atoms with Crippen molar-refractivity contribution < 1.29 is 26.4 Å². The molecule has 0 saturated heterocycles. The molecular formula is C21H21F3N4O3S. The highest BCUT2D eigenvalue weighted by atomic mass is 32.2. The van der Waals surface area contributed by atoms with Gasteiger partial charge >= 0.3 is 6.18 Å². The van der Waals surface area contributed by atoms with Crippen molar-refractivity contribution in [2.75, 3.05) is 10.0 Å². The van der Waals surface area contributed by atoms with E-state index in [1.54, 1.807) is 18.7 Å². The first-order valence-electron chi connectivity index (χ1n) is 9.46. The van der Waals surface area contributed by atoms with Crippen LogP contribution in [-0.2, 0) is 34.5 Å². The molecule has 0 aliphatic heterocycles. The zero-order chi connectivity index (χ0) is 23.7. The van der Waals surface area contributed by atoms with Gasteiger partial charge in [-0.1, -0.05) is 12.1 Å². The van der Waals surface area contributed by atoms with Crippen LogP contribution in [0.5, 0.6) is 0 Å². The van der Waals surface area contributed by atoms with Crippen molar-refractivity contribution in [2.45, 2.75) is 31.3 Å². The topological polar surface area (TPSA) is 93.1 Å². The summed E-state index contributed by atoms with van der Waals surface area (Å²) in [4.78, 5) is 12.3. The van der Waals surface area contributed by atoms with E-state index in [-0.39, 0.29) is 28.6 Å². The van der Waals surface area contributed by atoms with Crippen molar-refractivity contribution in [3.8, 4) is 0 Å². The van der Waals surface area contributed by atoms with Crippen LogP contribution in [0.4, 0.5) is 24.5 Å². The van der Waals surface area contributed by atoms with E-state index in [1.165, 1.54) is 30.3 Å². The Morgan fingerprint density at radius 3 is 2.34 bits per heavy atom. The van der Waals surface area contributed by atoms with Crippen LogP contribution in [-0.4, -0.2) is 24.1 Å². The Hall–Kier alpha value is -3.34. The number of alkyl halides is 3. The maximum atomic E-state index is 12.9. The number of halogens is 3. The molecule has 0 radical (unpaired) electrons. The molecule has 2 N–H and O–H groups in total. The van der Waals surface area contributed by atoms with E-state index in [1.807, 2.05) is 6.92 Å². The van der Waals surface area contributed by atoms with Crippen molar-refractivity contribution in [3.05, 3.63) is 71.0 Å². The summed E-state index contributed by atoms with van der Waals surface area (Å²) in [5, 5.41) is 6.90. The minimum atomic E-state index is -4.60. The Morgan fingerprint density at radius 1 is 1.06 bits per heavy atom. The Kier molecular flexibility index (Phi) is 6.31. The minimum Gasteiger partial charge on any atom is -0.326 e. The van der Waals surface area contributed by atoms with Gasteiger partial charge in [0.2, 0.25) is 5.91 Å². The number of anilines is 2. The van der Waals surface area contributed by atoms with E-state index in [0.717, 1.165) is 29.1 Å². The lowest BCUT2D eigenvalue weighted by molar-refractivity contribution is -0.137. The molecule has 1 amide bonds. The third-order valence-corrected chi connectivity index (χ3v) is 6.25.